The highest BCUT2D eigenvalue weighted by Gasteiger charge is 2.25. The number of hydrogen-bond acceptors (Lipinski definition) is 3. The van der Waals surface area contributed by atoms with E-state index in [1.165, 1.54) is 17.8 Å². The number of benzene rings is 1. The maximum absolute atomic E-state index is 13.6. The zero-order chi connectivity index (χ0) is 15.2. The van der Waals surface area contributed by atoms with Crippen LogP contribution in [-0.4, -0.2) is 29.0 Å². The summed E-state index contributed by atoms with van der Waals surface area (Å²) >= 11 is 1.29. The first-order valence-electron chi connectivity index (χ1n) is 6.88. The van der Waals surface area contributed by atoms with E-state index in [-0.39, 0.29) is 11.9 Å². The van der Waals surface area contributed by atoms with E-state index in [9.17, 15) is 13.9 Å². The van der Waals surface area contributed by atoms with Gasteiger partial charge >= 0.3 is 0 Å². The van der Waals surface area contributed by atoms with Crippen LogP contribution in [0.2, 0.25) is 0 Å². The average Bonchev–Trinajstić information content (AvgIpc) is 2.40. The second-order valence-corrected chi connectivity index (χ2v) is 6.83. The topological polar surface area (TPSA) is 32.3 Å². The van der Waals surface area contributed by atoms with Crippen molar-refractivity contribution in [3.8, 4) is 0 Å². The van der Waals surface area contributed by atoms with Crippen LogP contribution >= 0.6 is 11.8 Å². The number of aliphatic hydroxyl groups is 1. The molecule has 0 heterocycles. The van der Waals surface area contributed by atoms with Crippen molar-refractivity contribution in [1.29, 1.82) is 0 Å². The lowest BCUT2D eigenvalue weighted by Crippen LogP contribution is -2.47. The predicted molar refractivity (Wildman–Crippen MR) is 80.1 cm³/mol. The molecule has 0 aliphatic carbocycles. The van der Waals surface area contributed by atoms with Gasteiger partial charge in [-0.15, -0.1) is 11.8 Å². The molecule has 2 atom stereocenters. The van der Waals surface area contributed by atoms with Gasteiger partial charge in [0.15, 0.2) is 0 Å². The minimum atomic E-state index is -0.435. The number of nitrogens with one attached hydrogen (secondary N) is 1. The van der Waals surface area contributed by atoms with Crippen LogP contribution in [0.4, 0.5) is 8.78 Å². The SMILES string of the molecule is CCCNC(C)(CO)CC(C)Sc1cc(F)ccc1F. The molecule has 0 amide bonds. The Hall–Kier alpha value is -0.650. The molecular formula is C15H23F2NOS. The highest BCUT2D eigenvalue weighted by molar-refractivity contribution is 8.00. The predicted octanol–water partition coefficient (Wildman–Crippen LogP) is 3.59. The van der Waals surface area contributed by atoms with Gasteiger partial charge in [0.05, 0.1) is 6.61 Å². The van der Waals surface area contributed by atoms with Gasteiger partial charge in [0, 0.05) is 15.7 Å². The van der Waals surface area contributed by atoms with E-state index in [1.807, 2.05) is 13.8 Å². The van der Waals surface area contributed by atoms with Gasteiger partial charge in [-0.3, -0.25) is 0 Å². The van der Waals surface area contributed by atoms with Crippen molar-refractivity contribution in [2.75, 3.05) is 13.2 Å². The van der Waals surface area contributed by atoms with Gasteiger partial charge in [0.1, 0.15) is 11.6 Å². The van der Waals surface area contributed by atoms with Crippen molar-refractivity contribution in [3.05, 3.63) is 29.8 Å². The van der Waals surface area contributed by atoms with E-state index in [2.05, 4.69) is 12.2 Å². The van der Waals surface area contributed by atoms with Crippen LogP contribution in [0.3, 0.4) is 0 Å². The number of rotatable bonds is 8. The molecule has 0 aliphatic rings. The molecule has 5 heteroatoms. The fourth-order valence-electron chi connectivity index (χ4n) is 2.08. The van der Waals surface area contributed by atoms with Gasteiger partial charge in [-0.1, -0.05) is 13.8 Å². The molecule has 20 heavy (non-hydrogen) atoms. The monoisotopic (exact) mass is 303 g/mol. The third-order valence-corrected chi connectivity index (χ3v) is 4.25. The molecule has 1 rings (SSSR count). The van der Waals surface area contributed by atoms with E-state index in [4.69, 9.17) is 0 Å². The number of aliphatic hydroxyl groups excluding tert-OH is 1. The van der Waals surface area contributed by atoms with Crippen LogP contribution in [0.1, 0.15) is 33.6 Å². The molecular weight excluding hydrogens is 280 g/mol. The van der Waals surface area contributed by atoms with Crippen LogP contribution in [-0.2, 0) is 0 Å². The molecule has 0 saturated carbocycles. The highest BCUT2D eigenvalue weighted by Crippen LogP contribution is 2.31. The highest BCUT2D eigenvalue weighted by atomic mass is 32.2. The summed E-state index contributed by atoms with van der Waals surface area (Å²) in [6.07, 6.45) is 1.65. The molecule has 0 spiro atoms. The van der Waals surface area contributed by atoms with Crippen LogP contribution < -0.4 is 5.32 Å². The van der Waals surface area contributed by atoms with Crippen LogP contribution in [0.5, 0.6) is 0 Å². The summed E-state index contributed by atoms with van der Waals surface area (Å²) in [6.45, 7) is 6.80. The van der Waals surface area contributed by atoms with Crippen molar-refractivity contribution in [2.24, 2.45) is 0 Å². The summed E-state index contributed by atoms with van der Waals surface area (Å²) in [5, 5.41) is 12.9. The number of halogens is 2. The Kier molecular flexibility index (Phi) is 6.92. The van der Waals surface area contributed by atoms with Crippen molar-refractivity contribution in [3.63, 3.8) is 0 Å². The summed E-state index contributed by atoms with van der Waals surface area (Å²) in [7, 11) is 0. The first kappa shape index (κ1) is 17.4. The van der Waals surface area contributed by atoms with Crippen LogP contribution in [0.15, 0.2) is 23.1 Å². The van der Waals surface area contributed by atoms with Crippen molar-refractivity contribution in [1.82, 2.24) is 5.32 Å². The lowest BCUT2D eigenvalue weighted by Gasteiger charge is -2.31. The first-order chi connectivity index (χ1) is 9.40. The van der Waals surface area contributed by atoms with Crippen LogP contribution in [0.25, 0.3) is 0 Å². The summed E-state index contributed by atoms with van der Waals surface area (Å²) in [6, 6.07) is 3.47. The minimum absolute atomic E-state index is 0.0174. The molecule has 0 bridgehead atoms. The molecule has 2 nitrogen and oxygen atoms in total. The normalized spacial score (nSPS) is 15.9. The molecule has 0 aliphatic heterocycles. The second-order valence-electron chi connectivity index (χ2n) is 5.35. The van der Waals surface area contributed by atoms with E-state index in [1.54, 1.807) is 0 Å². The molecule has 2 N–H and O–H groups in total. The molecule has 0 fully saturated rings. The lowest BCUT2D eigenvalue weighted by molar-refractivity contribution is 0.166. The lowest BCUT2D eigenvalue weighted by atomic mass is 9.97. The maximum Gasteiger partial charge on any atom is 0.136 e. The van der Waals surface area contributed by atoms with Gasteiger partial charge in [-0.25, -0.2) is 8.78 Å². The molecule has 0 aromatic heterocycles. The maximum atomic E-state index is 13.6. The van der Waals surface area contributed by atoms with Gasteiger partial charge in [0.2, 0.25) is 0 Å². The Morgan fingerprint density at radius 1 is 1.40 bits per heavy atom. The molecule has 2 unspecified atom stereocenters. The molecule has 1 aromatic carbocycles. The third-order valence-electron chi connectivity index (χ3n) is 3.11. The fraction of sp³-hybridized carbons (Fsp3) is 0.600. The van der Waals surface area contributed by atoms with E-state index < -0.39 is 17.2 Å². The average molecular weight is 303 g/mol. The Balaban J connectivity index is 2.65. The van der Waals surface area contributed by atoms with Gasteiger partial charge in [-0.05, 0) is 44.5 Å². The van der Waals surface area contributed by atoms with E-state index in [0.29, 0.717) is 11.3 Å². The Morgan fingerprint density at radius 2 is 2.10 bits per heavy atom. The standard InChI is InChI=1S/C15H23F2NOS/c1-4-7-18-15(3,10-19)9-11(2)20-14-8-12(16)5-6-13(14)17/h5-6,8,11,18-19H,4,7,9-10H2,1-3H3. The molecule has 1 aromatic rings. The smallest absolute Gasteiger partial charge is 0.136 e. The molecule has 0 radical (unpaired) electrons. The number of hydrogen-bond donors (Lipinski definition) is 2. The number of thioether (sulfide) groups is 1. The van der Waals surface area contributed by atoms with Gasteiger partial charge in [0.25, 0.3) is 0 Å². The third kappa shape index (κ3) is 5.38. The second kappa shape index (κ2) is 7.96. The Labute approximate surface area is 124 Å². The van der Waals surface area contributed by atoms with Gasteiger partial charge in [-0.2, -0.15) is 0 Å². The van der Waals surface area contributed by atoms with E-state index in [0.717, 1.165) is 25.1 Å². The summed E-state index contributed by atoms with van der Waals surface area (Å²) < 4.78 is 26.7. The largest absolute Gasteiger partial charge is 0.394 e. The van der Waals surface area contributed by atoms with Crippen molar-refractivity contribution < 1.29 is 13.9 Å². The van der Waals surface area contributed by atoms with Crippen molar-refractivity contribution in [2.45, 2.75) is 49.3 Å². The first-order valence-corrected chi connectivity index (χ1v) is 7.76. The van der Waals surface area contributed by atoms with E-state index >= 15 is 0 Å². The molecule has 0 saturated heterocycles. The summed E-state index contributed by atoms with van der Waals surface area (Å²) in [5.41, 5.74) is -0.397. The summed E-state index contributed by atoms with van der Waals surface area (Å²) in [4.78, 5) is 0.313. The van der Waals surface area contributed by atoms with Crippen molar-refractivity contribution >= 4 is 11.8 Å². The van der Waals surface area contributed by atoms with Gasteiger partial charge < -0.3 is 10.4 Å². The summed E-state index contributed by atoms with van der Waals surface area (Å²) in [5.74, 6) is -0.842. The quantitative estimate of drug-likeness (QED) is 0.720. The Bertz CT molecular complexity index is 430. The molecule has 114 valence electrons. The van der Waals surface area contributed by atoms with Crippen LogP contribution in [0, 0.1) is 11.6 Å². The zero-order valence-electron chi connectivity index (χ0n) is 12.2. The Morgan fingerprint density at radius 3 is 2.70 bits per heavy atom. The fourth-order valence-corrected chi connectivity index (χ4v) is 3.33. The zero-order valence-corrected chi connectivity index (χ0v) is 13.1. The minimum Gasteiger partial charge on any atom is -0.394 e.